The van der Waals surface area contributed by atoms with E-state index >= 15 is 0 Å². The third kappa shape index (κ3) is 1.19. The maximum atomic E-state index is 5.65. The molecule has 1 heterocycles. The number of nitrogens with zero attached hydrogens (tertiary/aromatic N) is 1. The van der Waals surface area contributed by atoms with Gasteiger partial charge in [-0.1, -0.05) is 0 Å². The van der Waals surface area contributed by atoms with Crippen molar-refractivity contribution < 1.29 is 0 Å². The summed E-state index contributed by atoms with van der Waals surface area (Å²) in [7, 11) is 0. The van der Waals surface area contributed by atoms with Crippen molar-refractivity contribution in [2.24, 2.45) is 5.73 Å². The molecule has 11 heavy (non-hydrogen) atoms. The van der Waals surface area contributed by atoms with Gasteiger partial charge in [0.25, 0.3) is 0 Å². The molecule has 0 aliphatic heterocycles. The van der Waals surface area contributed by atoms with Crippen molar-refractivity contribution in [1.29, 1.82) is 0 Å². The highest BCUT2D eigenvalue weighted by molar-refractivity contribution is 7.03. The number of nitrogens with two attached hydrogens (primary N) is 1. The van der Waals surface area contributed by atoms with E-state index in [0.29, 0.717) is 5.92 Å². The molecule has 0 saturated heterocycles. The van der Waals surface area contributed by atoms with E-state index in [0.717, 1.165) is 13.0 Å². The maximum Gasteiger partial charge on any atom is 0.0577 e. The molecule has 1 unspecified atom stereocenters. The molecule has 1 atom stereocenters. The van der Waals surface area contributed by atoms with Crippen LogP contribution in [0.25, 0.3) is 0 Å². The van der Waals surface area contributed by atoms with Gasteiger partial charge in [-0.05, 0) is 48.8 Å². The van der Waals surface area contributed by atoms with E-state index in [-0.39, 0.29) is 0 Å². The molecule has 2 nitrogen and oxygen atoms in total. The van der Waals surface area contributed by atoms with Crippen LogP contribution in [0.2, 0.25) is 0 Å². The summed E-state index contributed by atoms with van der Waals surface area (Å²) in [6.45, 7) is 0.783. The fourth-order valence-corrected chi connectivity index (χ4v) is 2.52. The summed E-state index contributed by atoms with van der Waals surface area (Å²) < 4.78 is 4.34. The van der Waals surface area contributed by atoms with Crippen molar-refractivity contribution in [3.63, 3.8) is 0 Å². The van der Waals surface area contributed by atoms with Crippen LogP contribution >= 0.6 is 11.5 Å². The van der Waals surface area contributed by atoms with Gasteiger partial charge in [0.15, 0.2) is 0 Å². The molecule has 0 fully saturated rings. The molecule has 3 heteroatoms. The van der Waals surface area contributed by atoms with Crippen molar-refractivity contribution in [1.82, 2.24) is 4.37 Å². The molecule has 1 aliphatic rings. The summed E-state index contributed by atoms with van der Waals surface area (Å²) >= 11 is 1.57. The molecule has 0 bridgehead atoms. The molecular weight excluding hydrogens is 156 g/mol. The van der Waals surface area contributed by atoms with Crippen LogP contribution in [0.5, 0.6) is 0 Å². The number of hydrogen-bond acceptors (Lipinski definition) is 3. The van der Waals surface area contributed by atoms with Crippen LogP contribution in [0.1, 0.15) is 30.0 Å². The molecule has 60 valence electrons. The van der Waals surface area contributed by atoms with Crippen LogP contribution in [0.4, 0.5) is 0 Å². The average Bonchev–Trinajstić information content (AvgIpc) is 2.50. The van der Waals surface area contributed by atoms with Gasteiger partial charge in [0.2, 0.25) is 0 Å². The van der Waals surface area contributed by atoms with Gasteiger partial charge < -0.3 is 5.73 Å². The number of hydrogen-bond donors (Lipinski definition) is 1. The standard InChI is InChI=1S/C8H12N2S/c9-4-6-2-1-3-8-7(6)5-11-10-8/h5-6H,1-4,9H2. The fraction of sp³-hybridized carbons (Fsp3) is 0.625. The van der Waals surface area contributed by atoms with Gasteiger partial charge in [-0.15, -0.1) is 0 Å². The zero-order valence-corrected chi connectivity index (χ0v) is 7.23. The normalized spacial score (nSPS) is 23.2. The first-order valence-corrected chi connectivity index (χ1v) is 4.88. The number of aryl methyl sites for hydroxylation is 1. The highest BCUT2D eigenvalue weighted by atomic mass is 32.1. The average molecular weight is 168 g/mol. The van der Waals surface area contributed by atoms with Crippen molar-refractivity contribution in [3.8, 4) is 0 Å². The molecule has 1 aliphatic carbocycles. The molecule has 1 aromatic rings. The second-order valence-electron chi connectivity index (χ2n) is 3.04. The van der Waals surface area contributed by atoms with E-state index in [1.807, 2.05) is 0 Å². The quantitative estimate of drug-likeness (QED) is 0.690. The van der Waals surface area contributed by atoms with Crippen LogP contribution in [0.3, 0.4) is 0 Å². The van der Waals surface area contributed by atoms with Gasteiger partial charge >= 0.3 is 0 Å². The molecule has 0 aromatic carbocycles. The third-order valence-electron chi connectivity index (χ3n) is 2.37. The fourth-order valence-electron chi connectivity index (χ4n) is 1.71. The molecule has 2 N–H and O–H groups in total. The lowest BCUT2D eigenvalue weighted by Crippen LogP contribution is -2.17. The molecule has 0 amide bonds. The number of fused-ring (bicyclic) bond motifs is 1. The van der Waals surface area contributed by atoms with Crippen molar-refractivity contribution >= 4 is 11.5 Å². The first-order valence-electron chi connectivity index (χ1n) is 4.05. The Labute approximate surface area is 70.6 Å². The lowest BCUT2D eigenvalue weighted by molar-refractivity contribution is 0.557. The second kappa shape index (κ2) is 2.91. The Morgan fingerprint density at radius 2 is 2.64 bits per heavy atom. The lowest BCUT2D eigenvalue weighted by atomic mass is 9.87. The Morgan fingerprint density at radius 3 is 3.45 bits per heavy atom. The van der Waals surface area contributed by atoms with Crippen LogP contribution < -0.4 is 5.73 Å². The Balaban J connectivity index is 2.32. The second-order valence-corrected chi connectivity index (χ2v) is 3.67. The van der Waals surface area contributed by atoms with Gasteiger partial charge in [-0.3, -0.25) is 0 Å². The predicted molar refractivity (Wildman–Crippen MR) is 46.8 cm³/mol. The van der Waals surface area contributed by atoms with Gasteiger partial charge in [0, 0.05) is 5.38 Å². The smallest absolute Gasteiger partial charge is 0.0577 e. The number of rotatable bonds is 1. The topological polar surface area (TPSA) is 38.9 Å². The molecule has 0 saturated carbocycles. The van der Waals surface area contributed by atoms with Crippen molar-refractivity contribution in [3.05, 3.63) is 16.6 Å². The molecular formula is C8H12N2S. The highest BCUT2D eigenvalue weighted by Gasteiger charge is 2.20. The Kier molecular flexibility index (Phi) is 1.92. The molecule has 2 rings (SSSR count). The summed E-state index contributed by atoms with van der Waals surface area (Å²) in [5.74, 6) is 0.595. The van der Waals surface area contributed by atoms with E-state index in [9.17, 15) is 0 Å². The maximum absolute atomic E-state index is 5.65. The monoisotopic (exact) mass is 168 g/mol. The minimum Gasteiger partial charge on any atom is -0.330 e. The largest absolute Gasteiger partial charge is 0.330 e. The van der Waals surface area contributed by atoms with E-state index in [4.69, 9.17) is 5.73 Å². The van der Waals surface area contributed by atoms with E-state index in [1.165, 1.54) is 24.1 Å². The molecule has 1 aromatic heterocycles. The van der Waals surface area contributed by atoms with Crippen LogP contribution in [0.15, 0.2) is 5.38 Å². The first-order chi connectivity index (χ1) is 5.42. The molecule has 0 radical (unpaired) electrons. The zero-order chi connectivity index (χ0) is 7.68. The van der Waals surface area contributed by atoms with Crippen LogP contribution in [0, 0.1) is 0 Å². The summed E-state index contributed by atoms with van der Waals surface area (Å²) in [4.78, 5) is 0. The Morgan fingerprint density at radius 1 is 1.73 bits per heavy atom. The van der Waals surface area contributed by atoms with Crippen LogP contribution in [-0.4, -0.2) is 10.9 Å². The van der Waals surface area contributed by atoms with E-state index in [1.54, 1.807) is 11.5 Å². The minimum atomic E-state index is 0.595. The summed E-state index contributed by atoms with van der Waals surface area (Å²) in [6.07, 6.45) is 3.68. The first kappa shape index (κ1) is 7.25. The van der Waals surface area contributed by atoms with Crippen molar-refractivity contribution in [2.45, 2.75) is 25.2 Å². The van der Waals surface area contributed by atoms with Gasteiger partial charge in [0.05, 0.1) is 5.69 Å². The van der Waals surface area contributed by atoms with Gasteiger partial charge in [-0.2, -0.15) is 4.37 Å². The Hall–Kier alpha value is -0.410. The SMILES string of the molecule is NCC1CCCc2nscc21. The third-order valence-corrected chi connectivity index (χ3v) is 3.05. The molecule has 0 spiro atoms. The summed E-state index contributed by atoms with van der Waals surface area (Å²) in [6, 6.07) is 0. The lowest BCUT2D eigenvalue weighted by Gasteiger charge is -2.19. The highest BCUT2D eigenvalue weighted by Crippen LogP contribution is 2.30. The minimum absolute atomic E-state index is 0.595. The van der Waals surface area contributed by atoms with E-state index in [2.05, 4.69) is 9.75 Å². The van der Waals surface area contributed by atoms with Crippen molar-refractivity contribution in [2.75, 3.05) is 6.54 Å². The zero-order valence-electron chi connectivity index (χ0n) is 6.42. The predicted octanol–water partition coefficient (Wildman–Crippen LogP) is 1.52. The van der Waals surface area contributed by atoms with Gasteiger partial charge in [0.1, 0.15) is 0 Å². The number of aromatic nitrogens is 1. The van der Waals surface area contributed by atoms with Crippen LogP contribution in [-0.2, 0) is 6.42 Å². The van der Waals surface area contributed by atoms with E-state index < -0.39 is 0 Å². The van der Waals surface area contributed by atoms with Gasteiger partial charge in [-0.25, -0.2) is 0 Å². The summed E-state index contributed by atoms with van der Waals surface area (Å²) in [5, 5.41) is 2.16. The Bertz CT molecular complexity index is 244. The summed E-state index contributed by atoms with van der Waals surface area (Å²) in [5.41, 5.74) is 8.38.